The zero-order valence-corrected chi connectivity index (χ0v) is 11.0. The first-order chi connectivity index (χ1) is 9.28. The highest BCUT2D eigenvalue weighted by Crippen LogP contribution is 2.36. The molecule has 0 radical (unpaired) electrons. The topological polar surface area (TPSA) is 55.0 Å². The normalized spacial score (nSPS) is 17.6. The number of alkyl halides is 1. The lowest BCUT2D eigenvalue weighted by Gasteiger charge is -2.25. The summed E-state index contributed by atoms with van der Waals surface area (Å²) in [6.45, 7) is 0.622. The van der Waals surface area contributed by atoms with Crippen molar-refractivity contribution in [2.75, 3.05) is 6.61 Å². The molecule has 2 heterocycles. The van der Waals surface area contributed by atoms with Crippen LogP contribution in [0.1, 0.15) is 29.4 Å². The number of rotatable bonds is 2. The second-order valence-electron chi connectivity index (χ2n) is 4.48. The molecule has 19 heavy (non-hydrogen) atoms. The predicted octanol–water partition coefficient (Wildman–Crippen LogP) is 2.42. The summed E-state index contributed by atoms with van der Waals surface area (Å²) in [6.07, 6.45) is 0.797. The molecule has 1 aliphatic heterocycles. The summed E-state index contributed by atoms with van der Waals surface area (Å²) in [5, 5.41) is 0. The number of para-hydroxylation sites is 1. The van der Waals surface area contributed by atoms with Gasteiger partial charge in [0.25, 0.3) is 5.56 Å². The summed E-state index contributed by atoms with van der Waals surface area (Å²) in [4.78, 5) is 18.9. The van der Waals surface area contributed by atoms with Gasteiger partial charge in [-0.2, -0.15) is 0 Å². The Morgan fingerprint density at radius 2 is 2.26 bits per heavy atom. The zero-order valence-electron chi connectivity index (χ0n) is 10.2. The van der Waals surface area contributed by atoms with E-state index in [2.05, 4.69) is 9.97 Å². The van der Waals surface area contributed by atoms with Gasteiger partial charge >= 0.3 is 0 Å². The SMILES string of the molecule is O=c1cc(CCl)nc(C2CCOc3ccccc32)[nH]1. The number of H-pyrrole nitrogens is 1. The maximum Gasteiger partial charge on any atom is 0.251 e. The first-order valence-corrected chi connectivity index (χ1v) is 6.69. The van der Waals surface area contributed by atoms with Gasteiger partial charge in [0.05, 0.1) is 18.2 Å². The van der Waals surface area contributed by atoms with Crippen molar-refractivity contribution in [1.29, 1.82) is 0 Å². The molecule has 1 aromatic carbocycles. The van der Waals surface area contributed by atoms with E-state index in [4.69, 9.17) is 16.3 Å². The molecular formula is C14H13ClN2O2. The van der Waals surface area contributed by atoms with Crippen LogP contribution in [-0.4, -0.2) is 16.6 Å². The molecule has 1 atom stereocenters. The molecule has 3 rings (SSSR count). The van der Waals surface area contributed by atoms with Crippen LogP contribution in [0.5, 0.6) is 5.75 Å². The van der Waals surface area contributed by atoms with E-state index in [1.54, 1.807) is 0 Å². The third-order valence-corrected chi connectivity index (χ3v) is 3.51. The van der Waals surface area contributed by atoms with Crippen LogP contribution in [0.25, 0.3) is 0 Å². The van der Waals surface area contributed by atoms with Crippen LogP contribution in [0.3, 0.4) is 0 Å². The fraction of sp³-hybridized carbons (Fsp3) is 0.286. The van der Waals surface area contributed by atoms with Crippen molar-refractivity contribution in [2.24, 2.45) is 0 Å². The molecule has 0 saturated carbocycles. The summed E-state index contributed by atoms with van der Waals surface area (Å²) in [7, 11) is 0. The van der Waals surface area contributed by atoms with Crippen LogP contribution in [0.15, 0.2) is 35.1 Å². The molecule has 1 unspecified atom stereocenters. The quantitative estimate of drug-likeness (QED) is 0.857. The largest absolute Gasteiger partial charge is 0.493 e. The second kappa shape index (κ2) is 5.05. The molecule has 98 valence electrons. The Balaban J connectivity index is 2.08. The van der Waals surface area contributed by atoms with Crippen molar-refractivity contribution in [1.82, 2.24) is 9.97 Å². The first-order valence-electron chi connectivity index (χ1n) is 6.16. The number of aromatic amines is 1. The van der Waals surface area contributed by atoms with Crippen LogP contribution >= 0.6 is 11.6 Å². The lowest BCUT2D eigenvalue weighted by atomic mass is 9.92. The molecule has 1 aromatic heterocycles. The highest BCUT2D eigenvalue weighted by atomic mass is 35.5. The lowest BCUT2D eigenvalue weighted by molar-refractivity contribution is 0.274. The zero-order chi connectivity index (χ0) is 13.2. The molecule has 0 aliphatic carbocycles. The van der Waals surface area contributed by atoms with E-state index in [1.807, 2.05) is 24.3 Å². The Morgan fingerprint density at radius 3 is 3.11 bits per heavy atom. The van der Waals surface area contributed by atoms with Crippen molar-refractivity contribution < 1.29 is 4.74 Å². The maximum absolute atomic E-state index is 11.6. The molecule has 0 spiro atoms. The third kappa shape index (κ3) is 2.36. The van der Waals surface area contributed by atoms with E-state index in [0.29, 0.717) is 18.1 Å². The van der Waals surface area contributed by atoms with Gasteiger partial charge < -0.3 is 9.72 Å². The number of fused-ring (bicyclic) bond motifs is 1. The molecule has 1 N–H and O–H groups in total. The Kier molecular flexibility index (Phi) is 3.25. The molecule has 0 fully saturated rings. The number of ether oxygens (including phenoxy) is 1. The monoisotopic (exact) mass is 276 g/mol. The van der Waals surface area contributed by atoms with Crippen molar-refractivity contribution in [3.63, 3.8) is 0 Å². The molecule has 0 bridgehead atoms. The average molecular weight is 277 g/mol. The van der Waals surface area contributed by atoms with E-state index in [1.165, 1.54) is 6.07 Å². The van der Waals surface area contributed by atoms with E-state index in [9.17, 15) is 4.79 Å². The third-order valence-electron chi connectivity index (χ3n) is 3.24. The fourth-order valence-corrected chi connectivity index (χ4v) is 2.53. The van der Waals surface area contributed by atoms with E-state index in [0.717, 1.165) is 17.7 Å². The second-order valence-corrected chi connectivity index (χ2v) is 4.75. The summed E-state index contributed by atoms with van der Waals surface area (Å²) in [5.41, 5.74) is 1.50. The number of nitrogens with one attached hydrogen (secondary N) is 1. The standard InChI is InChI=1S/C14H13ClN2O2/c15-8-9-7-13(18)17-14(16-9)11-5-6-19-12-4-2-1-3-10(11)12/h1-4,7,11H,5-6,8H2,(H,16,17,18). The average Bonchev–Trinajstić information content (AvgIpc) is 2.46. The van der Waals surface area contributed by atoms with Gasteiger partial charge in [-0.05, 0) is 12.5 Å². The summed E-state index contributed by atoms with van der Waals surface area (Å²) in [6, 6.07) is 9.27. The van der Waals surface area contributed by atoms with Gasteiger partial charge in [-0.1, -0.05) is 18.2 Å². The van der Waals surface area contributed by atoms with Crippen LogP contribution in [-0.2, 0) is 5.88 Å². The lowest BCUT2D eigenvalue weighted by Crippen LogP contribution is -2.21. The smallest absolute Gasteiger partial charge is 0.251 e. The van der Waals surface area contributed by atoms with Gasteiger partial charge in [-0.15, -0.1) is 11.6 Å². The van der Waals surface area contributed by atoms with Gasteiger partial charge in [0, 0.05) is 17.5 Å². The van der Waals surface area contributed by atoms with Gasteiger partial charge in [0.2, 0.25) is 0 Å². The molecule has 0 amide bonds. The van der Waals surface area contributed by atoms with Gasteiger partial charge in [-0.3, -0.25) is 4.79 Å². The molecule has 4 nitrogen and oxygen atoms in total. The van der Waals surface area contributed by atoms with Crippen LogP contribution in [0, 0.1) is 0 Å². The minimum atomic E-state index is -0.162. The summed E-state index contributed by atoms with van der Waals surface area (Å²) >= 11 is 5.77. The van der Waals surface area contributed by atoms with Crippen molar-refractivity contribution in [3.8, 4) is 5.75 Å². The highest BCUT2D eigenvalue weighted by Gasteiger charge is 2.24. The molecule has 5 heteroatoms. The first kappa shape index (κ1) is 12.2. The number of hydrogen-bond donors (Lipinski definition) is 1. The molecule has 1 aliphatic rings. The highest BCUT2D eigenvalue weighted by molar-refractivity contribution is 6.16. The number of halogens is 1. The molecular weight excluding hydrogens is 264 g/mol. The Labute approximate surface area is 115 Å². The van der Waals surface area contributed by atoms with Crippen molar-refractivity contribution in [2.45, 2.75) is 18.2 Å². The van der Waals surface area contributed by atoms with Gasteiger partial charge in [0.15, 0.2) is 0 Å². The Hall–Kier alpha value is -1.81. The van der Waals surface area contributed by atoms with E-state index >= 15 is 0 Å². The van der Waals surface area contributed by atoms with E-state index < -0.39 is 0 Å². The predicted molar refractivity (Wildman–Crippen MR) is 72.8 cm³/mol. The van der Waals surface area contributed by atoms with E-state index in [-0.39, 0.29) is 17.4 Å². The molecule has 0 saturated heterocycles. The van der Waals surface area contributed by atoms with Gasteiger partial charge in [-0.25, -0.2) is 4.98 Å². The number of aromatic nitrogens is 2. The molecule has 2 aromatic rings. The number of hydrogen-bond acceptors (Lipinski definition) is 3. The minimum Gasteiger partial charge on any atom is -0.493 e. The number of benzene rings is 1. The van der Waals surface area contributed by atoms with Crippen LogP contribution < -0.4 is 10.3 Å². The van der Waals surface area contributed by atoms with Crippen LogP contribution in [0.2, 0.25) is 0 Å². The number of nitrogens with zero attached hydrogens (tertiary/aromatic N) is 1. The minimum absolute atomic E-state index is 0.0563. The summed E-state index contributed by atoms with van der Waals surface area (Å²) in [5.74, 6) is 1.82. The van der Waals surface area contributed by atoms with Crippen LogP contribution in [0.4, 0.5) is 0 Å². The maximum atomic E-state index is 11.6. The van der Waals surface area contributed by atoms with Crippen molar-refractivity contribution in [3.05, 3.63) is 57.8 Å². The summed E-state index contributed by atoms with van der Waals surface area (Å²) < 4.78 is 5.62. The Morgan fingerprint density at radius 1 is 1.42 bits per heavy atom. The Bertz CT molecular complexity index is 654. The van der Waals surface area contributed by atoms with Gasteiger partial charge in [0.1, 0.15) is 11.6 Å². The van der Waals surface area contributed by atoms with Crippen molar-refractivity contribution >= 4 is 11.6 Å². The fourth-order valence-electron chi connectivity index (χ4n) is 2.39.